The summed E-state index contributed by atoms with van der Waals surface area (Å²) in [4.78, 5) is 12.1. The van der Waals surface area contributed by atoms with Crippen molar-refractivity contribution in [3.8, 4) is 5.75 Å². The van der Waals surface area contributed by atoms with Gasteiger partial charge in [0.15, 0.2) is 0 Å². The fourth-order valence-corrected chi connectivity index (χ4v) is 4.59. The number of ether oxygens (including phenoxy) is 2. The van der Waals surface area contributed by atoms with Crippen LogP contribution < -0.4 is 4.74 Å². The Bertz CT molecular complexity index is 817. The summed E-state index contributed by atoms with van der Waals surface area (Å²) in [5, 5.41) is 0. The third kappa shape index (κ3) is 14.3. The summed E-state index contributed by atoms with van der Waals surface area (Å²) in [6, 6.07) is 18.8. The lowest BCUT2D eigenvalue weighted by atomic mass is 10.0. The van der Waals surface area contributed by atoms with Crippen molar-refractivity contribution < 1.29 is 18.8 Å². The summed E-state index contributed by atoms with van der Waals surface area (Å²) >= 11 is 0. The first-order valence-electron chi connectivity index (χ1n) is 14.2. The average Bonchev–Trinajstić information content (AvgIpc) is 2.87. The minimum absolute atomic E-state index is 0.0218. The minimum atomic E-state index is -0.189. The van der Waals surface area contributed by atoms with Crippen molar-refractivity contribution >= 4 is 5.97 Å². The van der Waals surface area contributed by atoms with E-state index < -0.39 is 0 Å². The zero-order chi connectivity index (χ0) is 25.9. The zero-order valence-electron chi connectivity index (χ0n) is 23.2. The predicted molar refractivity (Wildman–Crippen MR) is 150 cm³/mol. The third-order valence-corrected chi connectivity index (χ3v) is 6.79. The molecule has 0 amide bonds. The van der Waals surface area contributed by atoms with Crippen LogP contribution in [0, 0.1) is 0 Å². The molecule has 0 spiro atoms. The number of quaternary nitrogens is 1. The molecule has 200 valence electrons. The maximum atomic E-state index is 12.1. The summed E-state index contributed by atoms with van der Waals surface area (Å²) in [7, 11) is 4.47. The summed E-state index contributed by atoms with van der Waals surface area (Å²) in [6.07, 6.45) is 15.6. The number of hydrogen-bond donors (Lipinski definition) is 0. The smallest absolute Gasteiger partial charge is 0.308 e. The predicted octanol–water partition coefficient (Wildman–Crippen LogP) is 8.09. The lowest BCUT2D eigenvalue weighted by Crippen LogP contribution is -2.39. The van der Waals surface area contributed by atoms with Crippen LogP contribution in [-0.4, -0.2) is 37.9 Å². The van der Waals surface area contributed by atoms with E-state index in [1.807, 2.05) is 18.2 Å². The molecule has 0 saturated carbocycles. The van der Waals surface area contributed by atoms with Gasteiger partial charge in [-0.3, -0.25) is 4.79 Å². The van der Waals surface area contributed by atoms with Gasteiger partial charge in [-0.25, -0.2) is 0 Å². The number of carbonyl (C=O) groups excluding carboxylic acids is 1. The Kier molecular flexibility index (Phi) is 14.9. The van der Waals surface area contributed by atoms with Gasteiger partial charge in [0.2, 0.25) is 6.79 Å². The molecule has 2 aromatic rings. The Morgan fingerprint density at radius 1 is 0.722 bits per heavy atom. The number of unbranched alkanes of at least 4 members (excludes halogenated alkanes) is 9. The van der Waals surface area contributed by atoms with Gasteiger partial charge in [0.1, 0.15) is 12.3 Å². The van der Waals surface area contributed by atoms with Gasteiger partial charge in [0.25, 0.3) is 0 Å². The van der Waals surface area contributed by atoms with Crippen molar-refractivity contribution in [2.45, 2.75) is 96.9 Å². The highest BCUT2D eigenvalue weighted by Gasteiger charge is 2.15. The first-order chi connectivity index (χ1) is 17.5. The molecule has 2 aromatic carbocycles. The Morgan fingerprint density at radius 2 is 1.36 bits per heavy atom. The fraction of sp³-hybridized carbons (Fsp3) is 0.594. The number of esters is 1. The molecule has 2 rings (SSSR count). The Hall–Kier alpha value is -2.33. The van der Waals surface area contributed by atoms with Crippen LogP contribution >= 0.6 is 0 Å². The highest BCUT2D eigenvalue weighted by atomic mass is 16.7. The highest BCUT2D eigenvalue weighted by molar-refractivity contribution is 5.69. The molecule has 0 saturated heterocycles. The summed E-state index contributed by atoms with van der Waals surface area (Å²) in [5.74, 6) is 0.559. The van der Waals surface area contributed by atoms with Crippen molar-refractivity contribution in [2.24, 2.45) is 0 Å². The first kappa shape index (κ1) is 29.9. The number of benzene rings is 2. The summed E-state index contributed by atoms with van der Waals surface area (Å²) < 4.78 is 11.8. The third-order valence-electron chi connectivity index (χ3n) is 6.79. The van der Waals surface area contributed by atoms with Gasteiger partial charge in [-0.05, 0) is 43.4 Å². The molecule has 0 fully saturated rings. The average molecular weight is 497 g/mol. The molecule has 0 radical (unpaired) electrons. The van der Waals surface area contributed by atoms with Gasteiger partial charge >= 0.3 is 5.97 Å². The van der Waals surface area contributed by atoms with Crippen LogP contribution in [0.25, 0.3) is 0 Å². The van der Waals surface area contributed by atoms with E-state index in [9.17, 15) is 4.79 Å². The van der Waals surface area contributed by atoms with E-state index in [0.717, 1.165) is 42.6 Å². The van der Waals surface area contributed by atoms with E-state index in [2.05, 4.69) is 57.4 Å². The van der Waals surface area contributed by atoms with Crippen molar-refractivity contribution in [1.29, 1.82) is 0 Å². The van der Waals surface area contributed by atoms with Crippen LogP contribution in [0.2, 0.25) is 0 Å². The van der Waals surface area contributed by atoms with E-state index in [0.29, 0.717) is 6.42 Å². The van der Waals surface area contributed by atoms with E-state index in [1.54, 1.807) is 0 Å². The molecule has 0 heterocycles. The minimum Gasteiger partial charge on any atom is -0.457 e. The largest absolute Gasteiger partial charge is 0.457 e. The first-order valence-corrected chi connectivity index (χ1v) is 14.2. The molecule has 0 aliphatic carbocycles. The number of aryl methyl sites for hydroxylation is 1. The molecule has 0 bridgehead atoms. The van der Waals surface area contributed by atoms with E-state index in [1.165, 1.54) is 68.9 Å². The molecule has 36 heavy (non-hydrogen) atoms. The molecule has 0 unspecified atom stereocenters. The molecule has 0 N–H and O–H groups in total. The number of hydrogen-bond acceptors (Lipinski definition) is 3. The monoisotopic (exact) mass is 496 g/mol. The molecular weight excluding hydrogens is 446 g/mol. The normalized spacial score (nSPS) is 11.4. The van der Waals surface area contributed by atoms with Crippen molar-refractivity contribution in [3.05, 3.63) is 65.7 Å². The van der Waals surface area contributed by atoms with Crippen molar-refractivity contribution in [1.82, 2.24) is 0 Å². The molecule has 0 aliphatic heterocycles. The van der Waals surface area contributed by atoms with Gasteiger partial charge in [-0.1, -0.05) is 101 Å². The number of nitrogens with zero attached hydrogens (tertiary/aromatic N) is 1. The zero-order valence-corrected chi connectivity index (χ0v) is 23.2. The van der Waals surface area contributed by atoms with Crippen LogP contribution in [-0.2, 0) is 22.5 Å². The van der Waals surface area contributed by atoms with E-state index in [-0.39, 0.29) is 12.8 Å². The van der Waals surface area contributed by atoms with Crippen LogP contribution in [0.3, 0.4) is 0 Å². The standard InChI is InChI=1S/C32H50NO3/c1-4-5-6-7-8-9-10-11-13-18-29-22-24-31(25-23-29)35-28-36-32(34)21-16-17-26-33(2,3)27-30-19-14-12-15-20-30/h12,14-15,19-20,22-25H,4-11,13,16-18,21,26-28H2,1-3H3/q+1. The second-order valence-electron chi connectivity index (χ2n) is 10.8. The Labute approximate surface area is 220 Å². The van der Waals surface area contributed by atoms with Crippen LogP contribution in [0.5, 0.6) is 5.75 Å². The van der Waals surface area contributed by atoms with E-state index in [4.69, 9.17) is 9.47 Å². The summed E-state index contributed by atoms with van der Waals surface area (Å²) in [6.45, 7) is 4.28. The fourth-order valence-electron chi connectivity index (χ4n) is 4.59. The maximum Gasteiger partial charge on any atom is 0.308 e. The lowest BCUT2D eigenvalue weighted by molar-refractivity contribution is -0.903. The topological polar surface area (TPSA) is 35.5 Å². The quantitative estimate of drug-likeness (QED) is 0.0804. The van der Waals surface area contributed by atoms with Gasteiger partial charge < -0.3 is 14.0 Å². The second kappa shape index (κ2) is 18.0. The molecule has 4 heteroatoms. The SMILES string of the molecule is CCCCCCCCCCCc1ccc(OCOC(=O)CCCC[N+](C)(C)Cc2ccccc2)cc1. The number of rotatable bonds is 20. The van der Waals surface area contributed by atoms with Crippen molar-refractivity contribution in [2.75, 3.05) is 27.4 Å². The van der Waals surface area contributed by atoms with Gasteiger partial charge in [0, 0.05) is 12.0 Å². The molecule has 0 aromatic heterocycles. The van der Waals surface area contributed by atoms with Gasteiger partial charge in [-0.2, -0.15) is 0 Å². The molecule has 0 atom stereocenters. The van der Waals surface area contributed by atoms with Gasteiger partial charge in [0.05, 0.1) is 20.6 Å². The van der Waals surface area contributed by atoms with Crippen LogP contribution in [0.15, 0.2) is 54.6 Å². The molecule has 0 aliphatic rings. The van der Waals surface area contributed by atoms with Gasteiger partial charge in [-0.15, -0.1) is 0 Å². The number of carbonyl (C=O) groups is 1. The van der Waals surface area contributed by atoms with Crippen LogP contribution in [0.1, 0.15) is 95.1 Å². The Balaban J connectivity index is 1.49. The highest BCUT2D eigenvalue weighted by Crippen LogP contribution is 2.16. The molecule has 4 nitrogen and oxygen atoms in total. The Morgan fingerprint density at radius 3 is 2.03 bits per heavy atom. The van der Waals surface area contributed by atoms with Crippen molar-refractivity contribution in [3.63, 3.8) is 0 Å². The summed E-state index contributed by atoms with van der Waals surface area (Å²) in [5.41, 5.74) is 2.69. The molecular formula is C32H50NO3+. The van der Waals surface area contributed by atoms with E-state index >= 15 is 0 Å². The lowest BCUT2D eigenvalue weighted by Gasteiger charge is -2.30. The second-order valence-corrected chi connectivity index (χ2v) is 10.8. The maximum absolute atomic E-state index is 12.1. The van der Waals surface area contributed by atoms with Crippen LogP contribution in [0.4, 0.5) is 0 Å².